The molecule has 2 fully saturated rings. The standard InChI is InChI=1S/C7H10F3N/c8-7(9,10)5-3-4-1-2-6(5)11-4/h4-6,11H,1-3H2/t4-,5-,6+/m0/s1. The smallest absolute Gasteiger partial charge is 0.311 e. The zero-order valence-electron chi connectivity index (χ0n) is 5.99. The van der Waals surface area contributed by atoms with E-state index in [1.807, 2.05) is 0 Å². The van der Waals surface area contributed by atoms with Gasteiger partial charge in [-0.05, 0) is 19.3 Å². The minimum Gasteiger partial charge on any atom is -0.311 e. The van der Waals surface area contributed by atoms with Gasteiger partial charge in [0.2, 0.25) is 0 Å². The van der Waals surface area contributed by atoms with Gasteiger partial charge < -0.3 is 5.32 Å². The first kappa shape index (κ1) is 7.40. The first-order valence-corrected chi connectivity index (χ1v) is 3.90. The number of nitrogens with one attached hydrogen (secondary N) is 1. The molecule has 0 aromatic rings. The normalized spacial score (nSPS) is 43.4. The lowest BCUT2D eigenvalue weighted by Gasteiger charge is -2.22. The third-order valence-electron chi connectivity index (χ3n) is 2.72. The molecule has 0 aliphatic carbocycles. The van der Waals surface area contributed by atoms with Crippen LogP contribution in [-0.2, 0) is 0 Å². The highest BCUT2D eigenvalue weighted by atomic mass is 19.4. The van der Waals surface area contributed by atoms with E-state index in [1.54, 1.807) is 0 Å². The molecular formula is C7H10F3N. The fourth-order valence-corrected chi connectivity index (χ4v) is 2.19. The fourth-order valence-electron chi connectivity index (χ4n) is 2.19. The van der Waals surface area contributed by atoms with Gasteiger partial charge in [-0.25, -0.2) is 0 Å². The highest BCUT2D eigenvalue weighted by Crippen LogP contribution is 2.42. The lowest BCUT2D eigenvalue weighted by atomic mass is 9.89. The SMILES string of the molecule is FC(F)(F)[C@H]1C[C@@H]2CC[C@H]1N2. The van der Waals surface area contributed by atoms with Crippen molar-refractivity contribution in [3.63, 3.8) is 0 Å². The summed E-state index contributed by atoms with van der Waals surface area (Å²) in [6.07, 6.45) is -2.05. The van der Waals surface area contributed by atoms with Crippen LogP contribution in [0.1, 0.15) is 19.3 Å². The second kappa shape index (κ2) is 2.12. The van der Waals surface area contributed by atoms with E-state index in [4.69, 9.17) is 0 Å². The molecule has 0 amide bonds. The van der Waals surface area contributed by atoms with Gasteiger partial charge in [0.25, 0.3) is 0 Å². The van der Waals surface area contributed by atoms with E-state index in [0.29, 0.717) is 12.8 Å². The van der Waals surface area contributed by atoms with Crippen LogP contribution < -0.4 is 5.32 Å². The summed E-state index contributed by atoms with van der Waals surface area (Å²) >= 11 is 0. The predicted octanol–water partition coefficient (Wildman–Crippen LogP) is 1.69. The summed E-state index contributed by atoms with van der Waals surface area (Å²) in [7, 11) is 0. The summed E-state index contributed by atoms with van der Waals surface area (Å²) in [5, 5.41) is 2.96. The van der Waals surface area contributed by atoms with Crippen molar-refractivity contribution in [1.82, 2.24) is 5.32 Å². The number of alkyl halides is 3. The third-order valence-corrected chi connectivity index (χ3v) is 2.72. The Morgan fingerprint density at radius 2 is 1.91 bits per heavy atom. The van der Waals surface area contributed by atoms with Gasteiger partial charge in [-0.15, -0.1) is 0 Å². The Balaban J connectivity index is 2.08. The molecule has 2 heterocycles. The van der Waals surface area contributed by atoms with Crippen molar-refractivity contribution in [3.8, 4) is 0 Å². The molecule has 1 nitrogen and oxygen atoms in total. The first-order valence-electron chi connectivity index (χ1n) is 3.90. The van der Waals surface area contributed by atoms with Gasteiger partial charge in [-0.2, -0.15) is 13.2 Å². The largest absolute Gasteiger partial charge is 0.393 e. The van der Waals surface area contributed by atoms with Gasteiger partial charge >= 0.3 is 6.18 Å². The Morgan fingerprint density at radius 3 is 2.18 bits per heavy atom. The van der Waals surface area contributed by atoms with Crippen LogP contribution in [0.4, 0.5) is 13.2 Å². The summed E-state index contributed by atoms with van der Waals surface area (Å²) in [5.41, 5.74) is 0. The predicted molar refractivity (Wildman–Crippen MR) is 34.1 cm³/mol. The van der Waals surface area contributed by atoms with E-state index in [9.17, 15) is 13.2 Å². The molecule has 0 spiro atoms. The van der Waals surface area contributed by atoms with Crippen LogP contribution in [0.2, 0.25) is 0 Å². The van der Waals surface area contributed by atoms with Crippen LogP contribution in [0, 0.1) is 5.92 Å². The van der Waals surface area contributed by atoms with E-state index in [-0.39, 0.29) is 12.1 Å². The van der Waals surface area contributed by atoms with Gasteiger partial charge in [0.15, 0.2) is 0 Å². The van der Waals surface area contributed by atoms with Crippen molar-refractivity contribution in [1.29, 1.82) is 0 Å². The average Bonchev–Trinajstić information content (AvgIpc) is 2.42. The Hall–Kier alpha value is -0.250. The third kappa shape index (κ3) is 1.13. The van der Waals surface area contributed by atoms with E-state index in [2.05, 4.69) is 5.32 Å². The summed E-state index contributed by atoms with van der Waals surface area (Å²) in [4.78, 5) is 0. The number of halogens is 3. The minimum absolute atomic E-state index is 0.145. The highest BCUT2D eigenvalue weighted by molar-refractivity contribution is 4.99. The Bertz CT molecular complexity index is 166. The Labute approximate surface area is 63.0 Å². The first-order chi connectivity index (χ1) is 5.07. The number of rotatable bonds is 0. The van der Waals surface area contributed by atoms with Crippen LogP contribution in [0.5, 0.6) is 0 Å². The molecule has 64 valence electrons. The van der Waals surface area contributed by atoms with E-state index >= 15 is 0 Å². The molecule has 11 heavy (non-hydrogen) atoms. The maximum atomic E-state index is 12.2. The molecule has 0 radical (unpaired) electrons. The number of hydrogen-bond donors (Lipinski definition) is 1. The molecule has 0 aromatic heterocycles. The van der Waals surface area contributed by atoms with Crippen molar-refractivity contribution in [3.05, 3.63) is 0 Å². The molecule has 1 N–H and O–H groups in total. The molecule has 0 unspecified atom stereocenters. The lowest BCUT2D eigenvalue weighted by Crippen LogP contribution is -2.33. The van der Waals surface area contributed by atoms with E-state index < -0.39 is 12.1 Å². The fraction of sp³-hybridized carbons (Fsp3) is 1.00. The molecule has 4 heteroatoms. The molecule has 3 atom stereocenters. The molecule has 2 rings (SSSR count). The molecular weight excluding hydrogens is 155 g/mol. The zero-order chi connectivity index (χ0) is 8.06. The van der Waals surface area contributed by atoms with Crippen LogP contribution in [0.25, 0.3) is 0 Å². The van der Waals surface area contributed by atoms with Gasteiger partial charge in [0, 0.05) is 12.1 Å². The molecule has 2 aliphatic heterocycles. The maximum Gasteiger partial charge on any atom is 0.393 e. The van der Waals surface area contributed by atoms with Crippen LogP contribution in [-0.4, -0.2) is 18.3 Å². The van der Waals surface area contributed by atoms with Crippen molar-refractivity contribution in [2.45, 2.75) is 37.5 Å². The second-order valence-corrected chi connectivity index (χ2v) is 3.43. The molecule has 2 aliphatic rings. The molecule has 0 saturated carbocycles. The van der Waals surface area contributed by atoms with E-state index in [0.717, 1.165) is 6.42 Å². The summed E-state index contributed by atoms with van der Waals surface area (Å²) in [6, 6.07) is -0.133. The van der Waals surface area contributed by atoms with Gasteiger partial charge in [0.1, 0.15) is 0 Å². The van der Waals surface area contributed by atoms with Gasteiger partial charge in [0.05, 0.1) is 5.92 Å². The number of hydrogen-bond acceptors (Lipinski definition) is 1. The zero-order valence-corrected chi connectivity index (χ0v) is 5.99. The maximum absolute atomic E-state index is 12.2. The van der Waals surface area contributed by atoms with Crippen molar-refractivity contribution in [2.75, 3.05) is 0 Å². The highest BCUT2D eigenvalue weighted by Gasteiger charge is 2.52. The topological polar surface area (TPSA) is 12.0 Å². The van der Waals surface area contributed by atoms with Crippen LogP contribution >= 0.6 is 0 Å². The summed E-state index contributed by atoms with van der Waals surface area (Å²) < 4.78 is 36.5. The van der Waals surface area contributed by atoms with Crippen molar-refractivity contribution >= 4 is 0 Å². The Kier molecular flexibility index (Phi) is 1.43. The summed E-state index contributed by atoms with van der Waals surface area (Å²) in [6.45, 7) is 0. The van der Waals surface area contributed by atoms with Crippen LogP contribution in [0.3, 0.4) is 0 Å². The van der Waals surface area contributed by atoms with Crippen molar-refractivity contribution in [2.24, 2.45) is 5.92 Å². The molecule has 2 bridgehead atoms. The minimum atomic E-state index is -3.98. The average molecular weight is 165 g/mol. The van der Waals surface area contributed by atoms with E-state index in [1.165, 1.54) is 0 Å². The molecule has 2 saturated heterocycles. The second-order valence-electron chi connectivity index (χ2n) is 3.43. The Morgan fingerprint density at radius 1 is 1.18 bits per heavy atom. The monoisotopic (exact) mass is 165 g/mol. The van der Waals surface area contributed by atoms with Gasteiger partial charge in [-0.1, -0.05) is 0 Å². The van der Waals surface area contributed by atoms with Crippen molar-refractivity contribution < 1.29 is 13.2 Å². The quantitative estimate of drug-likeness (QED) is 0.576. The van der Waals surface area contributed by atoms with Gasteiger partial charge in [-0.3, -0.25) is 0 Å². The molecule has 0 aromatic carbocycles. The van der Waals surface area contributed by atoms with Crippen LogP contribution in [0.15, 0.2) is 0 Å². The number of fused-ring (bicyclic) bond motifs is 2. The lowest BCUT2D eigenvalue weighted by molar-refractivity contribution is -0.178. The summed E-state index contributed by atoms with van der Waals surface area (Å²) in [5.74, 6) is -1.07.